The monoisotopic (exact) mass is 199 g/mol. The minimum absolute atomic E-state index is 0.586. The molecule has 0 aliphatic carbocycles. The second-order valence-electron chi connectivity index (χ2n) is 3.86. The molecule has 0 spiro atoms. The van der Waals surface area contributed by atoms with Crippen molar-refractivity contribution in [2.45, 2.75) is 31.3 Å². The van der Waals surface area contributed by atoms with Crippen molar-refractivity contribution in [3.63, 3.8) is 0 Å². The first-order chi connectivity index (χ1) is 6.31. The van der Waals surface area contributed by atoms with Gasteiger partial charge in [0.15, 0.2) is 5.11 Å². The van der Waals surface area contributed by atoms with Crippen molar-refractivity contribution in [1.29, 1.82) is 0 Å². The van der Waals surface area contributed by atoms with Crippen molar-refractivity contribution in [2.24, 2.45) is 0 Å². The van der Waals surface area contributed by atoms with Gasteiger partial charge in [-0.25, -0.2) is 0 Å². The van der Waals surface area contributed by atoms with Crippen LogP contribution in [-0.4, -0.2) is 42.2 Å². The molecular formula is C9H17N3S. The summed E-state index contributed by atoms with van der Waals surface area (Å²) in [6.45, 7) is 2.53. The van der Waals surface area contributed by atoms with Crippen LogP contribution in [0.1, 0.15) is 19.3 Å². The van der Waals surface area contributed by atoms with Crippen LogP contribution in [0.2, 0.25) is 0 Å². The summed E-state index contributed by atoms with van der Waals surface area (Å²) >= 11 is 5.11. The van der Waals surface area contributed by atoms with Crippen molar-refractivity contribution < 1.29 is 0 Å². The fourth-order valence-electron chi connectivity index (χ4n) is 2.49. The topological polar surface area (TPSA) is 27.3 Å². The molecule has 2 unspecified atom stereocenters. The molecule has 0 radical (unpaired) electrons. The average Bonchev–Trinajstić information content (AvgIpc) is 2.69. The van der Waals surface area contributed by atoms with Gasteiger partial charge in [-0.15, -0.1) is 0 Å². The van der Waals surface area contributed by atoms with Gasteiger partial charge in [0, 0.05) is 25.7 Å². The number of hydrogen-bond acceptors (Lipinski definition) is 2. The van der Waals surface area contributed by atoms with Crippen LogP contribution in [0.15, 0.2) is 0 Å². The van der Waals surface area contributed by atoms with Gasteiger partial charge >= 0.3 is 0 Å². The number of fused-ring (bicyclic) bond motifs is 1. The molecule has 0 amide bonds. The Labute approximate surface area is 84.9 Å². The normalized spacial score (nSPS) is 33.0. The van der Waals surface area contributed by atoms with Gasteiger partial charge in [0.2, 0.25) is 0 Å². The summed E-state index contributed by atoms with van der Waals surface area (Å²) < 4.78 is 0. The fraction of sp³-hybridized carbons (Fsp3) is 0.889. The first kappa shape index (κ1) is 9.21. The van der Waals surface area contributed by atoms with Crippen molar-refractivity contribution in [2.75, 3.05) is 20.1 Å². The Kier molecular flexibility index (Phi) is 2.69. The van der Waals surface area contributed by atoms with E-state index in [2.05, 4.69) is 15.5 Å². The molecule has 0 saturated carbocycles. The Bertz CT molecular complexity index is 207. The van der Waals surface area contributed by atoms with E-state index in [1.807, 2.05) is 7.05 Å². The molecule has 2 aliphatic rings. The lowest BCUT2D eigenvalue weighted by molar-refractivity contribution is 0.308. The number of hydrogen-bond donors (Lipinski definition) is 2. The molecule has 0 aromatic heterocycles. The summed E-state index contributed by atoms with van der Waals surface area (Å²) in [5, 5.41) is 7.14. The van der Waals surface area contributed by atoms with Gasteiger partial charge in [-0.2, -0.15) is 0 Å². The van der Waals surface area contributed by atoms with Gasteiger partial charge in [0.05, 0.1) is 0 Å². The van der Waals surface area contributed by atoms with Crippen LogP contribution in [0.3, 0.4) is 0 Å². The third-order valence-electron chi connectivity index (χ3n) is 3.15. The van der Waals surface area contributed by atoms with E-state index in [1.54, 1.807) is 0 Å². The first-order valence-electron chi connectivity index (χ1n) is 5.03. The first-order valence-corrected chi connectivity index (χ1v) is 5.44. The quantitative estimate of drug-likeness (QED) is 0.595. The minimum Gasteiger partial charge on any atom is -0.366 e. The number of nitrogens with one attached hydrogen (secondary N) is 2. The molecule has 2 N–H and O–H groups in total. The van der Waals surface area contributed by atoms with E-state index in [1.165, 1.54) is 32.4 Å². The molecular weight excluding hydrogens is 182 g/mol. The molecule has 74 valence electrons. The van der Waals surface area contributed by atoms with E-state index in [4.69, 9.17) is 12.2 Å². The van der Waals surface area contributed by atoms with Gasteiger partial charge in [0.25, 0.3) is 0 Å². The minimum atomic E-state index is 0.586. The lowest BCUT2D eigenvalue weighted by Crippen LogP contribution is -2.45. The summed E-state index contributed by atoms with van der Waals surface area (Å²) in [7, 11) is 1.87. The largest absolute Gasteiger partial charge is 0.366 e. The Hall–Kier alpha value is -0.350. The van der Waals surface area contributed by atoms with Crippen LogP contribution in [-0.2, 0) is 0 Å². The molecule has 13 heavy (non-hydrogen) atoms. The molecule has 2 heterocycles. The van der Waals surface area contributed by atoms with Crippen LogP contribution in [0.5, 0.6) is 0 Å². The van der Waals surface area contributed by atoms with Crippen molar-refractivity contribution in [1.82, 2.24) is 15.5 Å². The van der Waals surface area contributed by atoms with E-state index in [9.17, 15) is 0 Å². The molecule has 0 aromatic rings. The molecule has 2 rings (SSSR count). The summed E-state index contributed by atoms with van der Waals surface area (Å²) in [5.74, 6) is 0. The lowest BCUT2D eigenvalue weighted by Gasteiger charge is -2.22. The highest BCUT2D eigenvalue weighted by Crippen LogP contribution is 2.27. The van der Waals surface area contributed by atoms with Crippen LogP contribution in [0, 0.1) is 0 Å². The van der Waals surface area contributed by atoms with Crippen molar-refractivity contribution >= 4 is 17.3 Å². The molecule has 2 fully saturated rings. The molecule has 2 saturated heterocycles. The second kappa shape index (κ2) is 3.80. The van der Waals surface area contributed by atoms with Gasteiger partial charge < -0.3 is 10.6 Å². The lowest BCUT2D eigenvalue weighted by atomic mass is 10.1. The SMILES string of the molecule is CNC(=S)NC1CCN2CCCC12. The number of nitrogens with zero attached hydrogens (tertiary/aromatic N) is 1. The fourth-order valence-corrected chi connectivity index (χ4v) is 2.64. The van der Waals surface area contributed by atoms with Crippen LogP contribution in [0.25, 0.3) is 0 Å². The zero-order valence-corrected chi connectivity index (χ0v) is 8.86. The zero-order valence-electron chi connectivity index (χ0n) is 8.05. The standard InChI is InChI=1S/C9H17N3S/c1-10-9(13)11-7-4-6-12-5-2-3-8(7)12/h7-8H,2-6H2,1H3,(H2,10,11,13). The highest BCUT2D eigenvalue weighted by atomic mass is 32.1. The summed E-state index contributed by atoms with van der Waals surface area (Å²) in [4.78, 5) is 2.58. The van der Waals surface area contributed by atoms with Crippen molar-refractivity contribution in [3.05, 3.63) is 0 Å². The molecule has 0 bridgehead atoms. The Morgan fingerprint density at radius 2 is 2.23 bits per heavy atom. The summed E-state index contributed by atoms with van der Waals surface area (Å²) in [6.07, 6.45) is 3.94. The van der Waals surface area contributed by atoms with E-state index >= 15 is 0 Å². The average molecular weight is 199 g/mol. The van der Waals surface area contributed by atoms with E-state index in [-0.39, 0.29) is 0 Å². The van der Waals surface area contributed by atoms with Gasteiger partial charge in [-0.05, 0) is 38.0 Å². The van der Waals surface area contributed by atoms with Gasteiger partial charge in [-0.3, -0.25) is 4.90 Å². The van der Waals surface area contributed by atoms with E-state index < -0.39 is 0 Å². The Balaban J connectivity index is 1.90. The van der Waals surface area contributed by atoms with E-state index in [0.717, 1.165) is 11.2 Å². The Morgan fingerprint density at radius 3 is 3.00 bits per heavy atom. The smallest absolute Gasteiger partial charge is 0.166 e. The van der Waals surface area contributed by atoms with Gasteiger partial charge in [0.1, 0.15) is 0 Å². The molecule has 2 aliphatic heterocycles. The maximum Gasteiger partial charge on any atom is 0.166 e. The molecule has 3 nitrogen and oxygen atoms in total. The van der Waals surface area contributed by atoms with Gasteiger partial charge in [-0.1, -0.05) is 0 Å². The second-order valence-corrected chi connectivity index (χ2v) is 4.27. The highest BCUT2D eigenvalue weighted by Gasteiger charge is 2.37. The molecule has 2 atom stereocenters. The maximum atomic E-state index is 5.11. The molecule has 0 aromatic carbocycles. The van der Waals surface area contributed by atoms with E-state index in [0.29, 0.717) is 6.04 Å². The predicted octanol–water partition coefficient (Wildman–Crippen LogP) is 0.317. The zero-order chi connectivity index (χ0) is 9.26. The third kappa shape index (κ3) is 1.79. The summed E-state index contributed by atoms with van der Waals surface area (Å²) in [6, 6.07) is 1.33. The van der Waals surface area contributed by atoms with Crippen LogP contribution >= 0.6 is 12.2 Å². The third-order valence-corrected chi connectivity index (χ3v) is 3.47. The number of thiocarbonyl (C=S) groups is 1. The number of rotatable bonds is 1. The maximum absolute atomic E-state index is 5.11. The van der Waals surface area contributed by atoms with Crippen molar-refractivity contribution in [3.8, 4) is 0 Å². The highest BCUT2D eigenvalue weighted by molar-refractivity contribution is 7.80. The van der Waals surface area contributed by atoms with Crippen LogP contribution < -0.4 is 10.6 Å². The summed E-state index contributed by atoms with van der Waals surface area (Å²) in [5.41, 5.74) is 0. The molecule has 4 heteroatoms. The Morgan fingerprint density at radius 1 is 1.38 bits per heavy atom. The van der Waals surface area contributed by atoms with Crippen LogP contribution in [0.4, 0.5) is 0 Å². The predicted molar refractivity (Wildman–Crippen MR) is 57.8 cm³/mol.